The minimum absolute atomic E-state index is 0.102. The van der Waals surface area contributed by atoms with Gasteiger partial charge in [0, 0.05) is 24.8 Å². The van der Waals surface area contributed by atoms with Crippen molar-refractivity contribution >= 4 is 23.7 Å². The maximum Gasteiger partial charge on any atom is 0.416 e. The van der Waals surface area contributed by atoms with Crippen molar-refractivity contribution in [3.8, 4) is 22.9 Å². The summed E-state index contributed by atoms with van der Waals surface area (Å²) >= 11 is 0. The zero-order valence-corrected chi connectivity index (χ0v) is 22.5. The SMILES string of the molecule is CC(C)(C)OC(=O)N1CCOc2cc(C#N)cc(c2)-c2cnn3ccc(nc23)N(C(=O)OC(C)(C)C)CC1. The number of fused-ring (bicyclic) bond motifs is 4. The van der Waals surface area contributed by atoms with Crippen LogP contribution in [0.2, 0.25) is 0 Å². The second-order valence-corrected chi connectivity index (χ2v) is 10.9. The van der Waals surface area contributed by atoms with Crippen molar-refractivity contribution in [2.45, 2.75) is 52.7 Å². The van der Waals surface area contributed by atoms with Gasteiger partial charge in [0.2, 0.25) is 0 Å². The van der Waals surface area contributed by atoms with E-state index in [2.05, 4.69) is 11.2 Å². The van der Waals surface area contributed by atoms with Crippen LogP contribution in [-0.2, 0) is 9.47 Å². The molecule has 11 heteroatoms. The number of nitriles is 1. The first-order valence-electron chi connectivity index (χ1n) is 12.3. The Balaban J connectivity index is 1.82. The fourth-order valence-corrected chi connectivity index (χ4v) is 3.85. The van der Waals surface area contributed by atoms with Gasteiger partial charge in [-0.25, -0.2) is 19.1 Å². The summed E-state index contributed by atoms with van der Waals surface area (Å²) in [5, 5.41) is 14.0. The number of carbonyl (C=O) groups is 2. The van der Waals surface area contributed by atoms with E-state index in [1.54, 1.807) is 82.7 Å². The van der Waals surface area contributed by atoms with Gasteiger partial charge in [-0.05, 0) is 71.4 Å². The van der Waals surface area contributed by atoms with E-state index in [4.69, 9.17) is 19.2 Å². The van der Waals surface area contributed by atoms with Gasteiger partial charge in [0.15, 0.2) is 5.65 Å². The van der Waals surface area contributed by atoms with Gasteiger partial charge in [0.25, 0.3) is 0 Å². The van der Waals surface area contributed by atoms with Gasteiger partial charge in [-0.1, -0.05) is 0 Å². The first-order valence-corrected chi connectivity index (χ1v) is 12.3. The summed E-state index contributed by atoms with van der Waals surface area (Å²) in [7, 11) is 0. The van der Waals surface area contributed by atoms with E-state index >= 15 is 0 Å². The van der Waals surface area contributed by atoms with Gasteiger partial charge in [0.05, 0.1) is 24.4 Å². The number of amides is 2. The van der Waals surface area contributed by atoms with Gasteiger partial charge in [-0.2, -0.15) is 10.4 Å². The number of aromatic nitrogens is 3. The Bertz CT molecular complexity index is 1400. The molecule has 1 aliphatic rings. The lowest BCUT2D eigenvalue weighted by Crippen LogP contribution is -2.46. The average Bonchev–Trinajstić information content (AvgIpc) is 3.23. The Hall–Kier alpha value is -4.33. The summed E-state index contributed by atoms with van der Waals surface area (Å²) in [5.74, 6) is 0.814. The Kier molecular flexibility index (Phi) is 7.18. The number of anilines is 1. The molecule has 0 saturated heterocycles. The molecule has 1 aromatic carbocycles. The van der Waals surface area contributed by atoms with Crippen LogP contribution in [0.1, 0.15) is 47.1 Å². The molecule has 0 atom stereocenters. The van der Waals surface area contributed by atoms with Gasteiger partial charge >= 0.3 is 12.2 Å². The molecule has 0 saturated carbocycles. The van der Waals surface area contributed by atoms with E-state index in [0.717, 1.165) is 0 Å². The van der Waals surface area contributed by atoms with E-state index < -0.39 is 23.4 Å². The average molecular weight is 521 g/mol. The first kappa shape index (κ1) is 26.7. The van der Waals surface area contributed by atoms with Crippen molar-refractivity contribution in [3.05, 3.63) is 42.2 Å². The molecule has 0 aliphatic carbocycles. The van der Waals surface area contributed by atoms with Crippen LogP contribution in [0.4, 0.5) is 15.4 Å². The third-order valence-electron chi connectivity index (χ3n) is 5.47. The molecular weight excluding hydrogens is 488 g/mol. The van der Waals surface area contributed by atoms with E-state index in [-0.39, 0.29) is 26.2 Å². The Morgan fingerprint density at radius 2 is 1.71 bits per heavy atom. The number of benzene rings is 1. The molecule has 0 fully saturated rings. The van der Waals surface area contributed by atoms with Gasteiger partial charge < -0.3 is 19.1 Å². The van der Waals surface area contributed by atoms with E-state index in [1.807, 2.05) is 0 Å². The summed E-state index contributed by atoms with van der Waals surface area (Å²) in [5.41, 5.74) is 0.796. The molecular formula is C27H32N6O5. The van der Waals surface area contributed by atoms with Crippen molar-refractivity contribution in [2.75, 3.05) is 31.1 Å². The van der Waals surface area contributed by atoms with Crippen LogP contribution in [0.5, 0.6) is 5.75 Å². The summed E-state index contributed by atoms with van der Waals surface area (Å²) < 4.78 is 18.8. The lowest BCUT2D eigenvalue weighted by atomic mass is 10.1. The van der Waals surface area contributed by atoms with E-state index in [0.29, 0.717) is 33.9 Å². The summed E-state index contributed by atoms with van der Waals surface area (Å²) in [6, 6.07) is 8.98. The fourth-order valence-electron chi connectivity index (χ4n) is 3.85. The molecule has 3 heterocycles. The van der Waals surface area contributed by atoms with Crippen molar-refractivity contribution in [3.63, 3.8) is 0 Å². The molecule has 1 aliphatic heterocycles. The number of hydrogen-bond donors (Lipinski definition) is 0. The highest BCUT2D eigenvalue weighted by atomic mass is 16.6. The molecule has 11 nitrogen and oxygen atoms in total. The van der Waals surface area contributed by atoms with E-state index in [1.165, 1.54) is 9.80 Å². The first-order chi connectivity index (χ1) is 17.8. The lowest BCUT2D eigenvalue weighted by molar-refractivity contribution is 0.0225. The number of nitrogens with zero attached hydrogens (tertiary/aromatic N) is 6. The van der Waals surface area contributed by atoms with Crippen LogP contribution in [-0.4, -0.2) is 69.1 Å². The van der Waals surface area contributed by atoms with Crippen molar-refractivity contribution < 1.29 is 23.8 Å². The summed E-state index contributed by atoms with van der Waals surface area (Å²) in [6.07, 6.45) is 2.21. The fraction of sp³-hybridized carbons (Fsp3) is 0.444. The maximum absolute atomic E-state index is 13.3. The van der Waals surface area contributed by atoms with Crippen LogP contribution in [0, 0.1) is 11.3 Å². The minimum atomic E-state index is -0.741. The quantitative estimate of drug-likeness (QED) is 0.420. The summed E-state index contributed by atoms with van der Waals surface area (Å²) in [4.78, 5) is 33.9. The third-order valence-corrected chi connectivity index (χ3v) is 5.47. The molecule has 200 valence electrons. The number of rotatable bonds is 0. The zero-order valence-electron chi connectivity index (χ0n) is 22.5. The van der Waals surface area contributed by atoms with Crippen LogP contribution in [0.15, 0.2) is 36.7 Å². The van der Waals surface area contributed by atoms with Gasteiger partial charge in [-0.15, -0.1) is 0 Å². The van der Waals surface area contributed by atoms with Crippen LogP contribution in [0.25, 0.3) is 16.8 Å². The highest BCUT2D eigenvalue weighted by molar-refractivity contribution is 5.88. The summed E-state index contributed by atoms with van der Waals surface area (Å²) in [6.45, 7) is 11.3. The van der Waals surface area contributed by atoms with E-state index in [9.17, 15) is 14.9 Å². The molecule has 2 amide bonds. The minimum Gasteiger partial charge on any atom is -0.492 e. The van der Waals surface area contributed by atoms with Gasteiger partial charge in [0.1, 0.15) is 29.4 Å². The molecule has 38 heavy (non-hydrogen) atoms. The predicted molar refractivity (Wildman–Crippen MR) is 140 cm³/mol. The predicted octanol–water partition coefficient (Wildman–Crippen LogP) is 4.64. The highest BCUT2D eigenvalue weighted by Gasteiger charge is 2.28. The van der Waals surface area contributed by atoms with Crippen molar-refractivity contribution in [1.29, 1.82) is 5.26 Å². The molecule has 0 N–H and O–H groups in total. The second kappa shape index (κ2) is 10.2. The standard InChI is InChI=1S/C27H32N6O5/c1-26(2,3)37-24(34)31-9-10-32(25(35)38-27(4,5)6)22-7-8-33-23(30-22)21(17-29-33)19-13-18(16-28)14-20(15-19)36-12-11-31/h7-8,13-15,17H,9-12H2,1-6H3. The third kappa shape index (κ3) is 6.32. The number of hydrogen-bond acceptors (Lipinski definition) is 8. The second-order valence-electron chi connectivity index (χ2n) is 10.9. The van der Waals surface area contributed by atoms with Crippen LogP contribution < -0.4 is 9.64 Å². The highest BCUT2D eigenvalue weighted by Crippen LogP contribution is 2.30. The molecule has 0 unspecified atom stereocenters. The normalized spacial score (nSPS) is 14.4. The molecule has 0 radical (unpaired) electrons. The smallest absolute Gasteiger partial charge is 0.416 e. The Labute approximate surface area is 221 Å². The number of carbonyl (C=O) groups excluding carboxylic acids is 2. The molecule has 4 rings (SSSR count). The largest absolute Gasteiger partial charge is 0.492 e. The van der Waals surface area contributed by atoms with Crippen LogP contribution in [0.3, 0.4) is 0 Å². The monoisotopic (exact) mass is 520 g/mol. The molecule has 4 bridgehead atoms. The lowest BCUT2D eigenvalue weighted by Gasteiger charge is -2.31. The Morgan fingerprint density at radius 3 is 2.39 bits per heavy atom. The zero-order chi connectivity index (χ0) is 27.7. The maximum atomic E-state index is 13.3. The topological polar surface area (TPSA) is 122 Å². The van der Waals surface area contributed by atoms with Crippen LogP contribution >= 0.6 is 0 Å². The van der Waals surface area contributed by atoms with Crippen molar-refractivity contribution in [2.24, 2.45) is 0 Å². The number of ether oxygens (including phenoxy) is 3. The van der Waals surface area contributed by atoms with Crippen molar-refractivity contribution in [1.82, 2.24) is 19.5 Å². The molecule has 3 aromatic rings. The Morgan fingerprint density at radius 1 is 1.00 bits per heavy atom. The molecule has 0 spiro atoms. The molecule has 2 aromatic heterocycles. The van der Waals surface area contributed by atoms with Gasteiger partial charge in [-0.3, -0.25) is 4.90 Å².